The van der Waals surface area contributed by atoms with Gasteiger partial charge in [-0.3, -0.25) is 14.5 Å². The molecule has 3 fully saturated rings. The number of piperidine rings is 1. The molecule has 33 heavy (non-hydrogen) atoms. The lowest BCUT2D eigenvalue weighted by Gasteiger charge is -2.33. The van der Waals surface area contributed by atoms with Gasteiger partial charge >= 0.3 is 0 Å². The smallest absolute Gasteiger partial charge is 0.239 e. The van der Waals surface area contributed by atoms with Crippen molar-refractivity contribution in [3.8, 4) is 6.07 Å². The topological polar surface area (TPSA) is 90.2 Å². The second-order valence-corrected chi connectivity index (χ2v) is 10.3. The van der Waals surface area contributed by atoms with E-state index < -0.39 is 0 Å². The lowest BCUT2D eigenvalue weighted by atomic mass is 9.88. The number of carbonyl (C=O) groups excluding carboxylic acids is 2. The molecule has 2 N–H and O–H groups in total. The standard InChI is InChI=1S/C26H39N5O2/c1-18-19(2)31(22-10-6-7-11-22)25(23(18)16-27)29-24(32)17-30-14-12-21(13-15-30)28-26(33)20-8-4-3-5-9-20/h20-22H,3-15,17H2,1-2H3,(H,28,33)(H,29,32). The second-order valence-electron chi connectivity index (χ2n) is 10.3. The maximum Gasteiger partial charge on any atom is 0.239 e. The number of carbonyl (C=O) groups is 2. The average molecular weight is 454 g/mol. The molecule has 3 aliphatic rings. The van der Waals surface area contributed by atoms with E-state index in [0.29, 0.717) is 24.0 Å². The van der Waals surface area contributed by atoms with Crippen molar-refractivity contribution in [2.24, 2.45) is 5.92 Å². The van der Waals surface area contributed by atoms with Crippen LogP contribution in [0.15, 0.2) is 0 Å². The van der Waals surface area contributed by atoms with Crippen molar-refractivity contribution in [3.05, 3.63) is 16.8 Å². The average Bonchev–Trinajstić information content (AvgIpc) is 3.42. The van der Waals surface area contributed by atoms with Crippen LogP contribution < -0.4 is 10.6 Å². The van der Waals surface area contributed by atoms with Gasteiger partial charge in [-0.05, 0) is 57.9 Å². The van der Waals surface area contributed by atoms with E-state index in [2.05, 4.69) is 33.1 Å². The van der Waals surface area contributed by atoms with E-state index in [9.17, 15) is 14.9 Å². The maximum absolute atomic E-state index is 13.0. The van der Waals surface area contributed by atoms with Gasteiger partial charge in [-0.2, -0.15) is 5.26 Å². The van der Waals surface area contributed by atoms with Crippen molar-refractivity contribution in [1.29, 1.82) is 5.26 Å². The maximum atomic E-state index is 13.0. The van der Waals surface area contributed by atoms with E-state index in [1.807, 2.05) is 6.92 Å². The van der Waals surface area contributed by atoms with Crippen molar-refractivity contribution in [2.45, 2.75) is 96.6 Å². The molecule has 1 aliphatic heterocycles. The molecule has 0 radical (unpaired) electrons. The number of nitriles is 1. The Hall–Kier alpha value is -2.33. The van der Waals surface area contributed by atoms with Gasteiger partial charge in [0.15, 0.2) is 0 Å². The molecule has 0 spiro atoms. The molecule has 2 aliphatic carbocycles. The second kappa shape index (κ2) is 10.7. The Labute approximate surface area is 197 Å². The molecule has 0 aromatic carbocycles. The zero-order valence-electron chi connectivity index (χ0n) is 20.3. The highest BCUT2D eigenvalue weighted by atomic mass is 16.2. The van der Waals surface area contributed by atoms with Crippen LogP contribution in [0.25, 0.3) is 0 Å². The Morgan fingerprint density at radius 2 is 1.61 bits per heavy atom. The predicted molar refractivity (Wildman–Crippen MR) is 129 cm³/mol. The van der Waals surface area contributed by atoms with E-state index in [0.717, 1.165) is 62.9 Å². The Balaban J connectivity index is 1.31. The normalized spacial score (nSPS) is 21.1. The monoisotopic (exact) mass is 453 g/mol. The molecule has 0 atom stereocenters. The van der Waals surface area contributed by atoms with Crippen molar-refractivity contribution in [2.75, 3.05) is 25.0 Å². The number of aromatic nitrogens is 1. The molecule has 2 heterocycles. The molecular formula is C26H39N5O2. The fourth-order valence-electron chi connectivity index (χ4n) is 6.00. The van der Waals surface area contributed by atoms with E-state index in [-0.39, 0.29) is 23.8 Å². The van der Waals surface area contributed by atoms with Gasteiger partial charge in [-0.1, -0.05) is 32.1 Å². The summed E-state index contributed by atoms with van der Waals surface area (Å²) in [5, 5.41) is 16.1. The number of amides is 2. The number of nitrogens with one attached hydrogen (secondary N) is 2. The fourth-order valence-corrected chi connectivity index (χ4v) is 6.00. The molecule has 0 unspecified atom stereocenters. The summed E-state index contributed by atoms with van der Waals surface area (Å²) in [5.74, 6) is 1.04. The van der Waals surface area contributed by atoms with E-state index in [1.165, 1.54) is 32.1 Å². The summed E-state index contributed by atoms with van der Waals surface area (Å²) in [7, 11) is 0. The number of nitrogens with zero attached hydrogens (tertiary/aromatic N) is 3. The molecule has 1 aromatic heterocycles. The third kappa shape index (κ3) is 5.43. The van der Waals surface area contributed by atoms with Crippen LogP contribution in [0, 0.1) is 31.1 Å². The summed E-state index contributed by atoms with van der Waals surface area (Å²) in [6, 6.07) is 2.90. The highest BCUT2D eigenvalue weighted by Crippen LogP contribution is 2.37. The van der Waals surface area contributed by atoms with Gasteiger partial charge in [0.1, 0.15) is 11.9 Å². The minimum absolute atomic E-state index is 0.0621. The number of hydrogen-bond donors (Lipinski definition) is 2. The first kappa shape index (κ1) is 23.8. The van der Waals surface area contributed by atoms with Gasteiger partial charge in [0, 0.05) is 36.8 Å². The first-order valence-corrected chi connectivity index (χ1v) is 12.9. The van der Waals surface area contributed by atoms with E-state index in [4.69, 9.17) is 0 Å². The number of anilines is 1. The lowest BCUT2D eigenvalue weighted by Crippen LogP contribution is -2.48. The molecule has 7 heteroatoms. The number of rotatable bonds is 6. The van der Waals surface area contributed by atoms with Crippen LogP contribution >= 0.6 is 0 Å². The van der Waals surface area contributed by atoms with Crippen molar-refractivity contribution >= 4 is 17.6 Å². The highest BCUT2D eigenvalue weighted by Gasteiger charge is 2.29. The van der Waals surface area contributed by atoms with Gasteiger partial charge in [-0.15, -0.1) is 0 Å². The van der Waals surface area contributed by atoms with Crippen LogP contribution in [-0.4, -0.2) is 47.0 Å². The third-order valence-corrected chi connectivity index (χ3v) is 8.09. The first-order valence-electron chi connectivity index (χ1n) is 12.9. The van der Waals surface area contributed by atoms with Gasteiger partial charge in [0.2, 0.25) is 11.8 Å². The molecule has 1 saturated heterocycles. The van der Waals surface area contributed by atoms with Gasteiger partial charge in [0.05, 0.1) is 12.1 Å². The minimum Gasteiger partial charge on any atom is -0.353 e. The zero-order chi connectivity index (χ0) is 23.4. The van der Waals surface area contributed by atoms with Gasteiger partial charge < -0.3 is 15.2 Å². The summed E-state index contributed by atoms with van der Waals surface area (Å²) >= 11 is 0. The summed E-state index contributed by atoms with van der Waals surface area (Å²) in [6.07, 6.45) is 12.0. The summed E-state index contributed by atoms with van der Waals surface area (Å²) in [4.78, 5) is 27.7. The van der Waals surface area contributed by atoms with Gasteiger partial charge in [0.25, 0.3) is 0 Å². The van der Waals surface area contributed by atoms with Crippen molar-refractivity contribution in [1.82, 2.24) is 14.8 Å². The summed E-state index contributed by atoms with van der Waals surface area (Å²) in [5.41, 5.74) is 2.65. The zero-order valence-corrected chi connectivity index (χ0v) is 20.3. The highest BCUT2D eigenvalue weighted by molar-refractivity contribution is 5.93. The van der Waals surface area contributed by atoms with Crippen molar-refractivity contribution < 1.29 is 9.59 Å². The van der Waals surface area contributed by atoms with Crippen LogP contribution in [0.1, 0.15) is 93.5 Å². The summed E-state index contributed by atoms with van der Waals surface area (Å²) < 4.78 is 2.20. The fraction of sp³-hybridized carbons (Fsp3) is 0.731. The molecule has 2 saturated carbocycles. The Bertz CT molecular complexity index is 895. The van der Waals surface area contributed by atoms with Crippen LogP contribution in [0.3, 0.4) is 0 Å². The van der Waals surface area contributed by atoms with Crippen LogP contribution in [-0.2, 0) is 9.59 Å². The molecule has 0 bridgehead atoms. The minimum atomic E-state index is -0.0621. The van der Waals surface area contributed by atoms with Crippen LogP contribution in [0.5, 0.6) is 0 Å². The van der Waals surface area contributed by atoms with Crippen LogP contribution in [0.4, 0.5) is 5.82 Å². The first-order chi connectivity index (χ1) is 16.0. The quantitative estimate of drug-likeness (QED) is 0.676. The number of hydrogen-bond acceptors (Lipinski definition) is 4. The van der Waals surface area contributed by atoms with Crippen LogP contribution in [0.2, 0.25) is 0 Å². The van der Waals surface area contributed by atoms with E-state index >= 15 is 0 Å². The summed E-state index contributed by atoms with van der Waals surface area (Å²) in [6.45, 7) is 5.95. The molecule has 4 rings (SSSR count). The predicted octanol–water partition coefficient (Wildman–Crippen LogP) is 4.19. The Morgan fingerprint density at radius 3 is 2.24 bits per heavy atom. The van der Waals surface area contributed by atoms with Crippen molar-refractivity contribution in [3.63, 3.8) is 0 Å². The molecule has 7 nitrogen and oxygen atoms in total. The Morgan fingerprint density at radius 1 is 0.970 bits per heavy atom. The lowest BCUT2D eigenvalue weighted by molar-refractivity contribution is -0.127. The molecule has 180 valence electrons. The molecular weight excluding hydrogens is 414 g/mol. The van der Waals surface area contributed by atoms with E-state index in [1.54, 1.807) is 0 Å². The Kier molecular flexibility index (Phi) is 7.75. The SMILES string of the molecule is Cc1c(C#N)c(NC(=O)CN2CCC(NC(=O)C3CCCCC3)CC2)n(C2CCCC2)c1C. The van der Waals surface area contributed by atoms with Gasteiger partial charge in [-0.25, -0.2) is 0 Å². The largest absolute Gasteiger partial charge is 0.353 e. The molecule has 1 aromatic rings. The number of likely N-dealkylation sites (tertiary alicyclic amines) is 1. The third-order valence-electron chi connectivity index (χ3n) is 8.09. The molecule has 2 amide bonds.